The number of hydrogen-bond acceptors (Lipinski definition) is 8. The molecule has 0 saturated heterocycles. The third kappa shape index (κ3) is 5.16. The Hall–Kier alpha value is -4.60. The summed E-state index contributed by atoms with van der Waals surface area (Å²) in [5, 5.41) is 18.7. The topological polar surface area (TPSA) is 153 Å². The average Bonchev–Trinajstić information content (AvgIpc) is 2.83. The van der Waals surface area contributed by atoms with Gasteiger partial charge >= 0.3 is 11.9 Å². The molecule has 0 radical (unpaired) electrons. The van der Waals surface area contributed by atoms with Crippen molar-refractivity contribution in [3.8, 4) is 11.5 Å². The van der Waals surface area contributed by atoms with E-state index in [1.54, 1.807) is 24.3 Å². The molecular weight excluding hydrogens is 460 g/mol. The summed E-state index contributed by atoms with van der Waals surface area (Å²) < 4.78 is 22.1. The number of benzene rings is 2. The van der Waals surface area contributed by atoms with Crippen LogP contribution in [-0.2, 0) is 0 Å². The van der Waals surface area contributed by atoms with Crippen molar-refractivity contribution in [2.24, 2.45) is 0 Å². The van der Waals surface area contributed by atoms with Gasteiger partial charge in [-0.2, -0.15) is 0 Å². The molecule has 0 saturated carbocycles. The van der Waals surface area contributed by atoms with Gasteiger partial charge in [0.25, 0.3) is 0 Å². The second-order valence-electron chi connectivity index (χ2n) is 7.58. The molecule has 0 aliphatic rings. The Morgan fingerprint density at radius 2 is 1.11 bits per heavy atom. The summed E-state index contributed by atoms with van der Waals surface area (Å²) in [6, 6.07) is 11.4. The highest BCUT2D eigenvalue weighted by atomic mass is 16.5. The summed E-state index contributed by atoms with van der Waals surface area (Å²) in [7, 11) is 0. The Morgan fingerprint density at radius 3 is 1.51 bits per heavy atom. The van der Waals surface area contributed by atoms with Crippen LogP contribution in [-0.4, -0.2) is 35.4 Å². The Kier molecular flexibility index (Phi) is 6.81. The molecule has 4 aromatic rings. The molecule has 0 aliphatic carbocycles. The van der Waals surface area contributed by atoms with Gasteiger partial charge in [0.2, 0.25) is 11.5 Å². The zero-order chi connectivity index (χ0) is 24.9. The fourth-order valence-electron chi connectivity index (χ4n) is 3.49. The number of para-hydroxylation sites is 2. The molecule has 0 aliphatic heterocycles. The summed E-state index contributed by atoms with van der Waals surface area (Å²) >= 11 is 0. The Morgan fingerprint density at radius 1 is 0.686 bits per heavy atom. The smallest absolute Gasteiger partial charge is 0.371 e. The number of fused-ring (bicyclic) bond motifs is 2. The summed E-state index contributed by atoms with van der Waals surface area (Å²) in [6.45, 7) is 0.594. The van der Waals surface area contributed by atoms with Gasteiger partial charge in [0, 0.05) is 12.1 Å². The number of carboxylic acids is 2. The van der Waals surface area contributed by atoms with Gasteiger partial charge in [-0.25, -0.2) is 9.59 Å². The number of rotatable bonds is 10. The van der Waals surface area contributed by atoms with Gasteiger partial charge in [-0.15, -0.1) is 0 Å². The fraction of sp³-hybridized carbons (Fsp3) is 0.200. The van der Waals surface area contributed by atoms with E-state index < -0.39 is 34.3 Å². The zero-order valence-corrected chi connectivity index (χ0v) is 18.3. The van der Waals surface area contributed by atoms with E-state index in [1.807, 2.05) is 0 Å². The van der Waals surface area contributed by atoms with E-state index in [1.165, 1.54) is 12.1 Å². The zero-order valence-electron chi connectivity index (χ0n) is 18.3. The lowest BCUT2D eigenvalue weighted by Crippen LogP contribution is -2.08. The molecule has 2 aromatic heterocycles. The van der Waals surface area contributed by atoms with Crippen LogP contribution in [0.4, 0.5) is 0 Å². The first-order chi connectivity index (χ1) is 16.8. The Labute approximate surface area is 196 Å². The van der Waals surface area contributed by atoms with Gasteiger partial charge in [-0.1, -0.05) is 12.1 Å². The van der Waals surface area contributed by atoms with E-state index in [4.69, 9.17) is 28.5 Å². The SMILES string of the molecule is O=C(O)c1cc(=O)c2cccc(OCCCCCOc3cccc4c(=O)cc(C(=O)O)oc34)c2o1. The first-order valence-corrected chi connectivity index (χ1v) is 10.7. The first kappa shape index (κ1) is 23.6. The monoisotopic (exact) mass is 480 g/mol. The molecule has 10 nitrogen and oxygen atoms in total. The maximum atomic E-state index is 12.1. The van der Waals surface area contributed by atoms with E-state index >= 15 is 0 Å². The number of unbranched alkanes of at least 4 members (excludes halogenated alkanes) is 2. The highest BCUT2D eigenvalue weighted by Gasteiger charge is 2.15. The molecule has 35 heavy (non-hydrogen) atoms. The van der Waals surface area contributed by atoms with Gasteiger partial charge in [-0.05, 0) is 43.5 Å². The largest absolute Gasteiger partial charge is 0.490 e. The lowest BCUT2D eigenvalue weighted by molar-refractivity contribution is 0.0653. The Bertz CT molecular complexity index is 1410. The first-order valence-electron chi connectivity index (χ1n) is 10.7. The van der Waals surface area contributed by atoms with E-state index in [0.717, 1.165) is 12.1 Å². The second-order valence-corrected chi connectivity index (χ2v) is 7.58. The number of aromatic carboxylic acids is 2. The van der Waals surface area contributed by atoms with E-state index in [2.05, 4.69) is 0 Å². The van der Waals surface area contributed by atoms with Crippen LogP contribution in [0.25, 0.3) is 21.9 Å². The molecule has 4 rings (SSSR count). The van der Waals surface area contributed by atoms with Crippen LogP contribution in [0.5, 0.6) is 11.5 Å². The minimum atomic E-state index is -1.34. The van der Waals surface area contributed by atoms with Crippen molar-refractivity contribution in [1.82, 2.24) is 0 Å². The molecule has 0 bridgehead atoms. The van der Waals surface area contributed by atoms with Crippen molar-refractivity contribution in [3.63, 3.8) is 0 Å². The molecule has 2 aromatic carbocycles. The van der Waals surface area contributed by atoms with E-state index in [9.17, 15) is 19.2 Å². The van der Waals surface area contributed by atoms with Crippen LogP contribution >= 0.6 is 0 Å². The minimum absolute atomic E-state index is 0.0823. The molecule has 0 atom stereocenters. The average molecular weight is 480 g/mol. The Balaban J connectivity index is 1.33. The highest BCUT2D eigenvalue weighted by Crippen LogP contribution is 2.26. The van der Waals surface area contributed by atoms with Crippen LogP contribution < -0.4 is 20.3 Å². The lowest BCUT2D eigenvalue weighted by atomic mass is 10.2. The van der Waals surface area contributed by atoms with Crippen LogP contribution in [0.15, 0.2) is 67.0 Å². The number of carboxylic acid groups (broad SMARTS) is 2. The van der Waals surface area contributed by atoms with Crippen molar-refractivity contribution >= 4 is 33.9 Å². The lowest BCUT2D eigenvalue weighted by Gasteiger charge is -2.10. The predicted octanol–water partition coefficient (Wildman–Crippen LogP) is 3.92. The quantitative estimate of drug-likeness (QED) is 0.319. The standard InChI is InChI=1S/C25H20O10/c26-16-12-20(24(28)29)34-22-14(16)6-4-8-18(22)32-10-2-1-3-11-33-19-9-5-7-15-17(27)13-21(25(30)31)35-23(15)19/h4-9,12-13H,1-3,10-11H2,(H,28,29)(H,30,31). The fourth-order valence-corrected chi connectivity index (χ4v) is 3.49. The van der Waals surface area contributed by atoms with Crippen LogP contribution in [0.3, 0.4) is 0 Å². The predicted molar refractivity (Wildman–Crippen MR) is 124 cm³/mol. The highest BCUT2D eigenvalue weighted by molar-refractivity contribution is 5.90. The number of hydrogen-bond donors (Lipinski definition) is 2. The van der Waals surface area contributed by atoms with Crippen LogP contribution in [0.1, 0.15) is 40.4 Å². The normalized spacial score (nSPS) is 11.0. The van der Waals surface area contributed by atoms with E-state index in [0.29, 0.717) is 32.5 Å². The number of ether oxygens (including phenoxy) is 2. The minimum Gasteiger partial charge on any atom is -0.490 e. The van der Waals surface area contributed by atoms with Crippen molar-refractivity contribution < 1.29 is 38.1 Å². The van der Waals surface area contributed by atoms with Gasteiger partial charge < -0.3 is 28.5 Å². The molecule has 0 fully saturated rings. The molecule has 0 spiro atoms. The molecule has 180 valence electrons. The molecule has 2 N–H and O–H groups in total. The van der Waals surface area contributed by atoms with Gasteiger partial charge in [0.15, 0.2) is 33.5 Å². The summed E-state index contributed by atoms with van der Waals surface area (Å²) in [5.74, 6) is -3.06. The van der Waals surface area contributed by atoms with Gasteiger partial charge in [-0.3, -0.25) is 9.59 Å². The van der Waals surface area contributed by atoms with Gasteiger partial charge in [0.05, 0.1) is 24.0 Å². The van der Waals surface area contributed by atoms with Crippen LogP contribution in [0.2, 0.25) is 0 Å². The van der Waals surface area contributed by atoms with Crippen molar-refractivity contribution in [1.29, 1.82) is 0 Å². The van der Waals surface area contributed by atoms with E-state index in [-0.39, 0.29) is 33.4 Å². The maximum Gasteiger partial charge on any atom is 0.371 e. The third-order valence-electron chi connectivity index (χ3n) is 5.16. The third-order valence-corrected chi connectivity index (χ3v) is 5.16. The molecule has 0 amide bonds. The van der Waals surface area contributed by atoms with Gasteiger partial charge in [0.1, 0.15) is 0 Å². The molecule has 10 heteroatoms. The summed E-state index contributed by atoms with van der Waals surface area (Å²) in [5.41, 5.74) is -0.769. The molecule has 2 heterocycles. The van der Waals surface area contributed by atoms with Crippen molar-refractivity contribution in [2.45, 2.75) is 19.3 Å². The maximum absolute atomic E-state index is 12.1. The van der Waals surface area contributed by atoms with Crippen molar-refractivity contribution in [3.05, 3.63) is 80.5 Å². The molecular formula is C25H20O10. The summed E-state index contributed by atoms with van der Waals surface area (Å²) in [6.07, 6.45) is 1.98. The van der Waals surface area contributed by atoms with Crippen LogP contribution in [0, 0.1) is 0 Å². The second kappa shape index (κ2) is 10.1. The summed E-state index contributed by atoms with van der Waals surface area (Å²) in [4.78, 5) is 46.6. The van der Waals surface area contributed by atoms with Crippen molar-refractivity contribution in [2.75, 3.05) is 13.2 Å². The number of carbonyl (C=O) groups is 2. The molecule has 0 unspecified atom stereocenters.